The molecule has 0 amide bonds. The van der Waals surface area contributed by atoms with E-state index >= 15 is 0 Å². The number of hydrogen-bond donors (Lipinski definition) is 0. The molecule has 0 radical (unpaired) electrons. The number of aryl methyl sites for hydroxylation is 1. The summed E-state index contributed by atoms with van der Waals surface area (Å²) in [4.78, 5) is 11.3. The highest BCUT2D eigenvalue weighted by atomic mass is 16.5. The first-order valence-corrected chi connectivity index (χ1v) is 7.52. The Balaban J connectivity index is 1.58. The quantitative estimate of drug-likeness (QED) is 0.865. The summed E-state index contributed by atoms with van der Waals surface area (Å²) in [5.74, 6) is 0.240. The molecule has 2 heterocycles. The number of hydrogen-bond acceptors (Lipinski definition) is 3. The Morgan fingerprint density at radius 1 is 0.955 bits per heavy atom. The van der Waals surface area contributed by atoms with Crippen molar-refractivity contribution < 1.29 is 9.15 Å². The average Bonchev–Trinajstić information content (AvgIpc) is 2.94. The summed E-state index contributed by atoms with van der Waals surface area (Å²) in [6.07, 6.45) is 7.85. The fraction of sp³-hybridized carbons (Fsp3) is 0.211. The molecule has 2 aliphatic rings. The lowest BCUT2D eigenvalue weighted by Crippen LogP contribution is -2.36. The van der Waals surface area contributed by atoms with Crippen molar-refractivity contribution in [3.05, 3.63) is 80.9 Å². The summed E-state index contributed by atoms with van der Waals surface area (Å²) in [5, 5.41) is 0.969. The van der Waals surface area contributed by atoms with Gasteiger partial charge in [0.1, 0.15) is 11.5 Å². The lowest BCUT2D eigenvalue weighted by molar-refractivity contribution is 0.207. The molecular weight excluding hydrogens is 276 g/mol. The van der Waals surface area contributed by atoms with E-state index in [0.717, 1.165) is 18.1 Å². The lowest BCUT2D eigenvalue weighted by atomic mass is 9.88. The van der Waals surface area contributed by atoms with Gasteiger partial charge in [0.05, 0.1) is 6.26 Å². The minimum atomic E-state index is -0.322. The molecule has 3 nitrogen and oxygen atoms in total. The number of ether oxygens (including phenoxy) is 1. The van der Waals surface area contributed by atoms with Crippen LogP contribution in [0, 0.1) is 5.92 Å². The molecule has 4 rings (SSSR count). The maximum absolute atomic E-state index is 11.3. The van der Waals surface area contributed by atoms with Crippen molar-refractivity contribution in [1.82, 2.24) is 0 Å². The normalized spacial score (nSPS) is 21.7. The van der Waals surface area contributed by atoms with Gasteiger partial charge in [-0.2, -0.15) is 0 Å². The highest BCUT2D eigenvalue weighted by molar-refractivity contribution is 5.49. The van der Waals surface area contributed by atoms with Crippen LogP contribution in [-0.4, -0.2) is 6.10 Å². The van der Waals surface area contributed by atoms with Gasteiger partial charge in [0.2, 0.25) is 0 Å². The van der Waals surface area contributed by atoms with Crippen LogP contribution in [0.15, 0.2) is 63.5 Å². The smallest absolute Gasteiger partial charge is 0.336 e. The summed E-state index contributed by atoms with van der Waals surface area (Å²) in [7, 11) is 0. The number of rotatable bonds is 3. The number of fused-ring (bicyclic) bond motifs is 2. The van der Waals surface area contributed by atoms with Crippen LogP contribution >= 0.6 is 0 Å². The second-order valence-corrected chi connectivity index (χ2v) is 5.71. The van der Waals surface area contributed by atoms with E-state index in [-0.39, 0.29) is 17.6 Å². The van der Waals surface area contributed by atoms with Gasteiger partial charge in [-0.1, -0.05) is 36.4 Å². The monoisotopic (exact) mass is 292 g/mol. The molecule has 0 N–H and O–H groups in total. The third-order valence-corrected chi connectivity index (χ3v) is 4.27. The Labute approximate surface area is 127 Å². The fourth-order valence-electron chi connectivity index (χ4n) is 3.10. The molecule has 0 bridgehead atoms. The topological polar surface area (TPSA) is 39.4 Å². The zero-order chi connectivity index (χ0) is 14.9. The molecule has 0 saturated heterocycles. The Morgan fingerprint density at radius 2 is 1.82 bits per heavy atom. The van der Waals surface area contributed by atoms with Crippen molar-refractivity contribution in [2.24, 2.45) is 5.92 Å². The molecule has 1 aromatic heterocycles. The van der Waals surface area contributed by atoms with E-state index in [1.54, 1.807) is 0 Å². The molecule has 1 aliphatic carbocycles. The molecular formula is C19H16O3. The van der Waals surface area contributed by atoms with Crippen LogP contribution in [0.5, 0.6) is 0 Å². The maximum atomic E-state index is 11.3. The molecule has 110 valence electrons. The van der Waals surface area contributed by atoms with Gasteiger partial charge in [-0.3, -0.25) is 0 Å². The standard InChI is InChI=1S/C19H16O3/c20-19-9-8-14-10-16-15(7-6-13-4-2-1-3-5-13)12-21-18(16)11-17(14)22-19/h1-5,8-12,16,18H,6-7H2. The zero-order valence-electron chi connectivity index (χ0n) is 12.1. The van der Waals surface area contributed by atoms with E-state index in [4.69, 9.17) is 9.15 Å². The molecule has 1 aromatic carbocycles. The van der Waals surface area contributed by atoms with Crippen molar-refractivity contribution in [2.75, 3.05) is 0 Å². The number of benzene rings is 1. The van der Waals surface area contributed by atoms with Crippen LogP contribution < -0.4 is 16.3 Å². The van der Waals surface area contributed by atoms with E-state index in [1.165, 1.54) is 17.2 Å². The second-order valence-electron chi connectivity index (χ2n) is 5.71. The van der Waals surface area contributed by atoms with Gasteiger partial charge in [0.15, 0.2) is 0 Å². The molecule has 2 aromatic rings. The third-order valence-electron chi connectivity index (χ3n) is 4.27. The van der Waals surface area contributed by atoms with Crippen LogP contribution in [0.2, 0.25) is 0 Å². The van der Waals surface area contributed by atoms with Gasteiger partial charge in [-0.25, -0.2) is 4.79 Å². The van der Waals surface area contributed by atoms with Crippen LogP contribution in [0.3, 0.4) is 0 Å². The first-order chi connectivity index (χ1) is 10.8. The van der Waals surface area contributed by atoms with Crippen LogP contribution in [0.25, 0.3) is 12.2 Å². The van der Waals surface area contributed by atoms with Gasteiger partial charge in [0.25, 0.3) is 0 Å². The van der Waals surface area contributed by atoms with Gasteiger partial charge in [-0.05, 0) is 30.0 Å². The first kappa shape index (κ1) is 13.1. The van der Waals surface area contributed by atoms with Crippen LogP contribution in [0.1, 0.15) is 12.0 Å². The summed E-state index contributed by atoms with van der Waals surface area (Å²) in [5.41, 5.74) is 2.92. The summed E-state index contributed by atoms with van der Waals surface area (Å²) >= 11 is 0. The summed E-state index contributed by atoms with van der Waals surface area (Å²) in [6.45, 7) is 0. The van der Waals surface area contributed by atoms with Crippen molar-refractivity contribution >= 4 is 12.2 Å². The van der Waals surface area contributed by atoms with Gasteiger partial charge < -0.3 is 9.15 Å². The minimum absolute atomic E-state index is 0.0520. The SMILES string of the molecule is O=c1ccc2c(o1)=CC1OC=C(CCc3ccccc3)C1C=2. The van der Waals surface area contributed by atoms with E-state index < -0.39 is 0 Å². The van der Waals surface area contributed by atoms with E-state index in [0.29, 0.717) is 5.42 Å². The lowest BCUT2D eigenvalue weighted by Gasteiger charge is -2.17. The van der Waals surface area contributed by atoms with Crippen molar-refractivity contribution in [2.45, 2.75) is 18.9 Å². The van der Waals surface area contributed by atoms with Gasteiger partial charge in [0, 0.05) is 23.3 Å². The maximum Gasteiger partial charge on any atom is 0.336 e. The molecule has 0 saturated carbocycles. The second kappa shape index (κ2) is 5.34. The Hall–Kier alpha value is -2.55. The van der Waals surface area contributed by atoms with E-state index in [2.05, 4.69) is 30.3 Å². The predicted molar refractivity (Wildman–Crippen MR) is 84.4 cm³/mol. The largest absolute Gasteiger partial charge is 0.493 e. The summed E-state index contributed by atoms with van der Waals surface area (Å²) in [6, 6.07) is 13.7. The third kappa shape index (κ3) is 2.39. The highest BCUT2D eigenvalue weighted by Crippen LogP contribution is 2.32. The molecule has 0 spiro atoms. The summed E-state index contributed by atoms with van der Waals surface area (Å²) < 4.78 is 11.0. The molecule has 2 unspecified atom stereocenters. The molecule has 2 atom stereocenters. The zero-order valence-corrected chi connectivity index (χ0v) is 12.1. The Morgan fingerprint density at radius 3 is 2.68 bits per heavy atom. The molecule has 3 heteroatoms. The predicted octanol–water partition coefficient (Wildman–Crippen LogP) is 1.75. The first-order valence-electron chi connectivity index (χ1n) is 7.52. The average molecular weight is 292 g/mol. The van der Waals surface area contributed by atoms with Gasteiger partial charge >= 0.3 is 5.63 Å². The van der Waals surface area contributed by atoms with Crippen molar-refractivity contribution in [3.8, 4) is 0 Å². The highest BCUT2D eigenvalue weighted by Gasteiger charge is 2.30. The molecule has 22 heavy (non-hydrogen) atoms. The Bertz CT molecular complexity index is 890. The van der Waals surface area contributed by atoms with E-state index in [1.807, 2.05) is 24.5 Å². The fourth-order valence-corrected chi connectivity index (χ4v) is 3.10. The van der Waals surface area contributed by atoms with Crippen molar-refractivity contribution in [1.29, 1.82) is 0 Å². The molecule has 1 aliphatic heterocycles. The van der Waals surface area contributed by atoms with Crippen LogP contribution in [-0.2, 0) is 11.2 Å². The van der Waals surface area contributed by atoms with Crippen molar-refractivity contribution in [3.63, 3.8) is 0 Å². The van der Waals surface area contributed by atoms with Gasteiger partial charge in [-0.15, -0.1) is 0 Å². The minimum Gasteiger partial charge on any atom is -0.493 e. The van der Waals surface area contributed by atoms with Crippen LogP contribution in [0.4, 0.5) is 0 Å². The molecule has 0 fully saturated rings. The van der Waals surface area contributed by atoms with E-state index in [9.17, 15) is 4.79 Å². The Kier molecular flexibility index (Phi) is 3.19.